The third-order valence-electron chi connectivity index (χ3n) is 7.68. The van der Waals surface area contributed by atoms with Crippen LogP contribution in [-0.4, -0.2) is 72.3 Å². The van der Waals surface area contributed by atoms with Crippen LogP contribution in [0.5, 0.6) is 0 Å². The Labute approximate surface area is 272 Å². The average Bonchev–Trinajstić information content (AvgIpc) is 3.22. The van der Waals surface area contributed by atoms with E-state index in [9.17, 15) is 9.59 Å². The summed E-state index contributed by atoms with van der Waals surface area (Å²) < 4.78 is 14.6. The highest BCUT2D eigenvalue weighted by Crippen LogP contribution is 2.34. The number of halogens is 2. The van der Waals surface area contributed by atoms with Crippen molar-refractivity contribution in [1.29, 1.82) is 0 Å². The number of hydrogen-bond donors (Lipinski definition) is 0. The van der Waals surface area contributed by atoms with Gasteiger partial charge in [-0.3, -0.25) is 4.79 Å². The van der Waals surface area contributed by atoms with Crippen LogP contribution in [0.2, 0.25) is 29.2 Å². The third kappa shape index (κ3) is 9.30. The minimum absolute atomic E-state index is 0.0213. The number of carbonyl (C=O) groups excluding carboxylic acids is 2. The zero-order chi connectivity index (χ0) is 32.2. The second-order valence-corrected chi connectivity index (χ2v) is 18.9. The van der Waals surface area contributed by atoms with Crippen LogP contribution in [0, 0.1) is 5.41 Å². The first kappa shape index (κ1) is 34.4. The van der Waals surface area contributed by atoms with Crippen molar-refractivity contribution in [3.8, 4) is 0 Å². The molecule has 1 fully saturated rings. The number of fused-ring (bicyclic) bond motifs is 1. The van der Waals surface area contributed by atoms with Gasteiger partial charge in [0.05, 0.1) is 46.3 Å². The van der Waals surface area contributed by atoms with Crippen LogP contribution in [-0.2, 0) is 33.7 Å². The molecule has 1 aliphatic rings. The quantitative estimate of drug-likeness (QED) is 0.195. The number of likely N-dealkylation sites (tertiary alicyclic amines) is 1. The monoisotopic (exact) mass is 660 g/mol. The van der Waals surface area contributed by atoms with E-state index in [0.29, 0.717) is 28.7 Å². The molecule has 11 heteroatoms. The van der Waals surface area contributed by atoms with Crippen molar-refractivity contribution in [3.05, 3.63) is 63.9 Å². The maximum absolute atomic E-state index is 14.0. The fraction of sp³-hybridized carbons (Fsp3) is 0.545. The van der Waals surface area contributed by atoms with Crippen molar-refractivity contribution in [1.82, 2.24) is 19.4 Å². The topological polar surface area (TPSA) is 76.9 Å². The summed E-state index contributed by atoms with van der Waals surface area (Å²) in [6, 6.07) is 13.7. The summed E-state index contributed by atoms with van der Waals surface area (Å²) in [4.78, 5) is 36.0. The van der Waals surface area contributed by atoms with Gasteiger partial charge in [-0.1, -0.05) is 74.3 Å². The van der Waals surface area contributed by atoms with Gasteiger partial charge >= 0.3 is 6.09 Å². The molecule has 2 heterocycles. The van der Waals surface area contributed by atoms with Crippen molar-refractivity contribution in [2.24, 2.45) is 5.41 Å². The number of nitrogens with zero attached hydrogens (tertiary/aromatic N) is 4. The lowest BCUT2D eigenvalue weighted by Crippen LogP contribution is -2.55. The molecule has 8 nitrogen and oxygen atoms in total. The molecular weight excluding hydrogens is 615 g/mol. The van der Waals surface area contributed by atoms with Gasteiger partial charge in [0.15, 0.2) is 14.1 Å². The van der Waals surface area contributed by atoms with E-state index in [1.54, 1.807) is 17.0 Å². The Balaban J connectivity index is 1.61. The molecule has 1 aliphatic heterocycles. The molecule has 4 rings (SSSR count). The van der Waals surface area contributed by atoms with E-state index in [1.165, 1.54) is 0 Å². The van der Waals surface area contributed by atoms with E-state index in [0.717, 1.165) is 35.8 Å². The van der Waals surface area contributed by atoms with Gasteiger partial charge in [0.2, 0.25) is 0 Å². The number of piperidine rings is 1. The molecule has 0 spiro atoms. The summed E-state index contributed by atoms with van der Waals surface area (Å²) in [5.41, 5.74) is 2.46. The van der Waals surface area contributed by atoms with Crippen LogP contribution >= 0.6 is 23.2 Å². The highest BCUT2D eigenvalue weighted by atomic mass is 35.5. The first-order chi connectivity index (χ1) is 20.6. The number of ether oxygens (including phenoxy) is 1. The Morgan fingerprint density at radius 1 is 1.09 bits per heavy atom. The van der Waals surface area contributed by atoms with Crippen LogP contribution in [0.25, 0.3) is 11.0 Å². The number of rotatable bonds is 11. The molecular formula is C33H46Cl2N4O4Si. The minimum Gasteiger partial charge on any atom is -0.445 e. The largest absolute Gasteiger partial charge is 0.445 e. The second kappa shape index (κ2) is 14.3. The van der Waals surface area contributed by atoms with Crippen molar-refractivity contribution in [3.63, 3.8) is 0 Å². The standard InChI is InChI=1S/C33H46Cl2N4O4Si/c1-33(2,3)22-44(6,7)43-30-14-11-15-38(32(41)42-21-23-12-9-8-10-13-23)29(30)16-24(40)19-39-28-18-26(35)25(34)17-27(28)36-31(39)20-37(4)5/h8-10,12-13,17-18,29-30H,11,14-16,19-22H2,1-7H3/t29-,30+/m1/s1. The Morgan fingerprint density at radius 2 is 1.77 bits per heavy atom. The summed E-state index contributed by atoms with van der Waals surface area (Å²) in [6.07, 6.45) is 1.05. The fourth-order valence-corrected chi connectivity index (χ4v) is 10.4. The maximum atomic E-state index is 14.0. The van der Waals surface area contributed by atoms with Crippen LogP contribution < -0.4 is 0 Å². The molecule has 44 heavy (non-hydrogen) atoms. The Morgan fingerprint density at radius 3 is 2.43 bits per heavy atom. The van der Waals surface area contributed by atoms with Gasteiger partial charge in [0.1, 0.15) is 12.4 Å². The smallest absolute Gasteiger partial charge is 0.410 e. The van der Waals surface area contributed by atoms with Gasteiger partial charge in [-0.15, -0.1) is 0 Å². The van der Waals surface area contributed by atoms with Crippen molar-refractivity contribution in [2.75, 3.05) is 20.6 Å². The molecule has 3 aromatic rings. The van der Waals surface area contributed by atoms with Crippen LogP contribution in [0.4, 0.5) is 4.79 Å². The molecule has 0 aliphatic carbocycles. The molecule has 0 unspecified atom stereocenters. The van der Waals surface area contributed by atoms with E-state index in [-0.39, 0.29) is 36.9 Å². The van der Waals surface area contributed by atoms with Gasteiger partial charge < -0.3 is 23.5 Å². The van der Waals surface area contributed by atoms with Crippen molar-refractivity contribution >= 4 is 54.4 Å². The Bertz CT molecular complexity index is 1460. The lowest BCUT2D eigenvalue weighted by molar-refractivity contribution is -0.122. The lowest BCUT2D eigenvalue weighted by atomic mass is 9.95. The molecule has 0 N–H and O–H groups in total. The van der Waals surface area contributed by atoms with Gasteiger partial charge in [0.25, 0.3) is 0 Å². The van der Waals surface area contributed by atoms with Crippen LogP contribution in [0.1, 0.15) is 51.4 Å². The van der Waals surface area contributed by atoms with Gasteiger partial charge in [-0.25, -0.2) is 9.78 Å². The summed E-state index contributed by atoms with van der Waals surface area (Å²) in [7, 11) is 1.78. The Hall–Kier alpha value is -2.43. The predicted octanol–water partition coefficient (Wildman–Crippen LogP) is 7.80. The zero-order valence-corrected chi connectivity index (χ0v) is 29.5. The normalized spacial score (nSPS) is 17.8. The average molecular weight is 662 g/mol. The molecule has 2 aromatic carbocycles. The zero-order valence-electron chi connectivity index (χ0n) is 27.0. The molecule has 0 saturated carbocycles. The molecule has 1 aromatic heterocycles. The van der Waals surface area contributed by atoms with E-state index in [2.05, 4.69) is 33.9 Å². The third-order valence-corrected chi connectivity index (χ3v) is 11.3. The first-order valence-electron chi connectivity index (χ1n) is 15.3. The van der Waals surface area contributed by atoms with Crippen LogP contribution in [0.3, 0.4) is 0 Å². The molecule has 2 atom stereocenters. The number of aromatic nitrogens is 2. The fourth-order valence-electron chi connectivity index (χ4n) is 6.38. The van der Waals surface area contributed by atoms with Gasteiger partial charge in [-0.2, -0.15) is 0 Å². The first-order valence-corrected chi connectivity index (χ1v) is 19.1. The van der Waals surface area contributed by atoms with Crippen LogP contribution in [0.15, 0.2) is 42.5 Å². The van der Waals surface area contributed by atoms with E-state index in [1.807, 2.05) is 53.9 Å². The number of amides is 1. The van der Waals surface area contributed by atoms with E-state index in [4.69, 9.17) is 37.3 Å². The van der Waals surface area contributed by atoms with Gasteiger partial charge in [0, 0.05) is 13.0 Å². The number of ketones is 1. The molecule has 240 valence electrons. The number of hydrogen-bond acceptors (Lipinski definition) is 6. The highest BCUT2D eigenvalue weighted by Gasteiger charge is 2.41. The number of carbonyl (C=O) groups is 2. The minimum atomic E-state index is -2.13. The lowest BCUT2D eigenvalue weighted by Gasteiger charge is -2.44. The van der Waals surface area contributed by atoms with E-state index < -0.39 is 20.5 Å². The maximum Gasteiger partial charge on any atom is 0.410 e. The highest BCUT2D eigenvalue weighted by molar-refractivity contribution is 6.71. The molecule has 0 radical (unpaired) electrons. The van der Waals surface area contributed by atoms with Crippen molar-refractivity contribution in [2.45, 2.75) is 91.0 Å². The van der Waals surface area contributed by atoms with Gasteiger partial charge in [-0.05, 0) is 69.2 Å². The summed E-state index contributed by atoms with van der Waals surface area (Å²) >= 11 is 12.7. The number of benzene rings is 2. The van der Waals surface area contributed by atoms with Crippen molar-refractivity contribution < 1.29 is 18.8 Å². The molecule has 1 saturated heterocycles. The molecule has 1 amide bonds. The molecule has 0 bridgehead atoms. The number of Topliss-reactive ketones (excluding diaryl/α,β-unsaturated/α-hetero) is 1. The second-order valence-electron chi connectivity index (χ2n) is 13.9. The SMILES string of the molecule is CN(C)Cc1nc2cc(Cl)c(Cl)cc2n1CC(=O)C[C@@H]1[C@@H](O[Si](C)(C)CC(C)(C)C)CCCN1C(=O)OCc1ccccc1. The number of imidazole rings is 1. The summed E-state index contributed by atoms with van der Waals surface area (Å²) in [5.74, 6) is 0.720. The predicted molar refractivity (Wildman–Crippen MR) is 180 cm³/mol. The summed E-state index contributed by atoms with van der Waals surface area (Å²) in [6.45, 7) is 12.4. The summed E-state index contributed by atoms with van der Waals surface area (Å²) in [5, 5.41) is 0.823. The Kier molecular flexibility index (Phi) is 11.2. The van der Waals surface area contributed by atoms with E-state index >= 15 is 0 Å².